The minimum atomic E-state index is -4.42. The number of hydrogen-bond acceptors (Lipinski definition) is 3. The SMILES string of the molecule is CC(CN)c1c(C(F)(F)F)ccc2c1OCCO2. The smallest absolute Gasteiger partial charge is 0.416 e. The highest BCUT2D eigenvalue weighted by atomic mass is 19.4. The molecule has 1 aliphatic heterocycles. The number of hydrogen-bond donors (Lipinski definition) is 1. The van der Waals surface area contributed by atoms with Crippen LogP contribution in [0.2, 0.25) is 0 Å². The summed E-state index contributed by atoms with van der Waals surface area (Å²) in [4.78, 5) is 0. The van der Waals surface area contributed by atoms with Gasteiger partial charge in [0.2, 0.25) is 0 Å². The lowest BCUT2D eigenvalue weighted by Crippen LogP contribution is -2.22. The zero-order valence-electron chi connectivity index (χ0n) is 9.88. The van der Waals surface area contributed by atoms with Crippen LogP contribution in [0, 0.1) is 0 Å². The fraction of sp³-hybridized carbons (Fsp3) is 0.500. The standard InChI is InChI=1S/C12H14F3NO2/c1-7(6-16)10-8(12(13,14)15)2-3-9-11(10)18-5-4-17-9/h2-3,7H,4-6,16H2,1H3. The zero-order valence-corrected chi connectivity index (χ0v) is 9.88. The highest BCUT2D eigenvalue weighted by Crippen LogP contribution is 2.45. The Hall–Kier alpha value is -1.43. The lowest BCUT2D eigenvalue weighted by Gasteiger charge is -2.26. The fourth-order valence-electron chi connectivity index (χ4n) is 1.99. The molecule has 0 spiro atoms. The van der Waals surface area contributed by atoms with Crippen molar-refractivity contribution in [1.29, 1.82) is 0 Å². The molecule has 3 nitrogen and oxygen atoms in total. The van der Waals surface area contributed by atoms with Gasteiger partial charge in [-0.1, -0.05) is 6.92 Å². The first-order chi connectivity index (χ1) is 8.45. The van der Waals surface area contributed by atoms with Crippen LogP contribution in [0.3, 0.4) is 0 Å². The Kier molecular flexibility index (Phi) is 3.38. The van der Waals surface area contributed by atoms with Crippen molar-refractivity contribution >= 4 is 0 Å². The number of alkyl halides is 3. The van der Waals surface area contributed by atoms with Crippen molar-refractivity contribution in [1.82, 2.24) is 0 Å². The van der Waals surface area contributed by atoms with Crippen LogP contribution in [0.5, 0.6) is 11.5 Å². The molecular weight excluding hydrogens is 247 g/mol. The molecule has 0 fully saturated rings. The Morgan fingerprint density at radius 3 is 2.56 bits per heavy atom. The third kappa shape index (κ3) is 2.25. The second kappa shape index (κ2) is 4.68. The van der Waals surface area contributed by atoms with Gasteiger partial charge in [0.1, 0.15) is 13.2 Å². The van der Waals surface area contributed by atoms with Crippen LogP contribution < -0.4 is 15.2 Å². The molecule has 1 aromatic carbocycles. The zero-order chi connectivity index (χ0) is 13.3. The molecule has 0 aromatic heterocycles. The van der Waals surface area contributed by atoms with Crippen LogP contribution in [0.1, 0.15) is 24.0 Å². The average molecular weight is 261 g/mol. The lowest BCUT2D eigenvalue weighted by atomic mass is 9.93. The molecule has 0 radical (unpaired) electrons. The number of rotatable bonds is 2. The summed E-state index contributed by atoms with van der Waals surface area (Å²) in [6, 6.07) is 2.32. The molecule has 1 aromatic rings. The van der Waals surface area contributed by atoms with Gasteiger partial charge in [-0.15, -0.1) is 0 Å². The number of fused-ring (bicyclic) bond motifs is 1. The van der Waals surface area contributed by atoms with E-state index in [2.05, 4.69) is 0 Å². The highest BCUT2D eigenvalue weighted by molar-refractivity contribution is 5.54. The molecule has 1 unspecified atom stereocenters. The van der Waals surface area contributed by atoms with E-state index >= 15 is 0 Å². The number of benzene rings is 1. The van der Waals surface area contributed by atoms with Crippen molar-refractivity contribution in [3.8, 4) is 11.5 Å². The largest absolute Gasteiger partial charge is 0.486 e. The van der Waals surface area contributed by atoms with E-state index in [1.807, 2.05) is 0 Å². The van der Waals surface area contributed by atoms with Crippen molar-refractivity contribution in [2.24, 2.45) is 5.73 Å². The summed E-state index contributed by atoms with van der Waals surface area (Å²) in [6.07, 6.45) is -4.42. The van der Waals surface area contributed by atoms with E-state index < -0.39 is 17.7 Å². The van der Waals surface area contributed by atoms with Gasteiger partial charge in [0.05, 0.1) is 5.56 Å². The second-order valence-corrected chi connectivity index (χ2v) is 4.19. The van der Waals surface area contributed by atoms with Crippen LogP contribution in [0.4, 0.5) is 13.2 Å². The predicted octanol–water partition coefficient (Wildman–Crippen LogP) is 2.54. The maximum absolute atomic E-state index is 13.0. The molecular formula is C12H14F3NO2. The molecule has 1 atom stereocenters. The van der Waals surface area contributed by atoms with E-state index in [0.29, 0.717) is 12.4 Å². The molecule has 0 saturated carbocycles. The summed E-state index contributed by atoms with van der Waals surface area (Å²) >= 11 is 0. The lowest BCUT2D eigenvalue weighted by molar-refractivity contribution is -0.138. The van der Waals surface area contributed by atoms with Crippen molar-refractivity contribution in [3.05, 3.63) is 23.3 Å². The van der Waals surface area contributed by atoms with Gasteiger partial charge < -0.3 is 15.2 Å². The van der Waals surface area contributed by atoms with Crippen LogP contribution in [-0.4, -0.2) is 19.8 Å². The van der Waals surface area contributed by atoms with Crippen molar-refractivity contribution in [2.45, 2.75) is 19.0 Å². The molecule has 2 rings (SSSR count). The maximum atomic E-state index is 13.0. The molecule has 1 aliphatic rings. The Morgan fingerprint density at radius 1 is 1.28 bits per heavy atom. The van der Waals surface area contributed by atoms with Crippen LogP contribution in [0.25, 0.3) is 0 Å². The first kappa shape index (κ1) is 13.0. The van der Waals surface area contributed by atoms with E-state index in [1.165, 1.54) is 6.07 Å². The van der Waals surface area contributed by atoms with Gasteiger partial charge >= 0.3 is 6.18 Å². The summed E-state index contributed by atoms with van der Waals surface area (Å²) in [6.45, 7) is 2.35. The number of nitrogens with two attached hydrogens (primary N) is 1. The molecule has 0 saturated heterocycles. The monoisotopic (exact) mass is 261 g/mol. The quantitative estimate of drug-likeness (QED) is 0.889. The molecule has 6 heteroatoms. The highest BCUT2D eigenvalue weighted by Gasteiger charge is 2.37. The second-order valence-electron chi connectivity index (χ2n) is 4.19. The minimum absolute atomic E-state index is 0.0854. The van der Waals surface area contributed by atoms with Gasteiger partial charge in [-0.2, -0.15) is 13.2 Å². The van der Waals surface area contributed by atoms with Crippen LogP contribution in [-0.2, 0) is 6.18 Å². The molecule has 2 N–H and O–H groups in total. The predicted molar refractivity (Wildman–Crippen MR) is 59.9 cm³/mol. The van der Waals surface area contributed by atoms with Gasteiger partial charge in [0.15, 0.2) is 11.5 Å². The molecule has 0 aliphatic carbocycles. The Labute approximate surface area is 103 Å². The first-order valence-electron chi connectivity index (χ1n) is 5.65. The molecule has 1 heterocycles. The molecule has 18 heavy (non-hydrogen) atoms. The number of ether oxygens (including phenoxy) is 2. The fourth-order valence-corrected chi connectivity index (χ4v) is 1.99. The average Bonchev–Trinajstić information content (AvgIpc) is 2.35. The molecule has 100 valence electrons. The summed E-state index contributed by atoms with van der Waals surface area (Å²) in [5.74, 6) is 0.0804. The summed E-state index contributed by atoms with van der Waals surface area (Å²) in [5.41, 5.74) is 4.87. The normalized spacial score (nSPS) is 16.5. The van der Waals surface area contributed by atoms with Gasteiger partial charge in [-0.05, 0) is 24.6 Å². The van der Waals surface area contributed by atoms with Gasteiger partial charge in [0, 0.05) is 5.56 Å². The van der Waals surface area contributed by atoms with E-state index in [4.69, 9.17) is 15.2 Å². The van der Waals surface area contributed by atoms with Crippen LogP contribution >= 0.6 is 0 Å². The summed E-state index contributed by atoms with van der Waals surface area (Å²) < 4.78 is 49.6. The summed E-state index contributed by atoms with van der Waals surface area (Å²) in [5, 5.41) is 0. The van der Waals surface area contributed by atoms with Gasteiger partial charge in [0.25, 0.3) is 0 Å². The Morgan fingerprint density at radius 2 is 1.94 bits per heavy atom. The third-order valence-corrected chi connectivity index (χ3v) is 2.90. The van der Waals surface area contributed by atoms with Crippen molar-refractivity contribution in [2.75, 3.05) is 19.8 Å². The van der Waals surface area contributed by atoms with E-state index in [1.54, 1.807) is 6.92 Å². The molecule has 0 bridgehead atoms. The topological polar surface area (TPSA) is 44.5 Å². The molecule has 0 amide bonds. The van der Waals surface area contributed by atoms with E-state index in [-0.39, 0.29) is 24.5 Å². The van der Waals surface area contributed by atoms with Crippen molar-refractivity contribution < 1.29 is 22.6 Å². The van der Waals surface area contributed by atoms with E-state index in [0.717, 1.165) is 6.07 Å². The van der Waals surface area contributed by atoms with Crippen LogP contribution in [0.15, 0.2) is 12.1 Å². The van der Waals surface area contributed by atoms with Gasteiger partial charge in [-0.3, -0.25) is 0 Å². The number of halogens is 3. The summed E-state index contributed by atoms with van der Waals surface area (Å²) in [7, 11) is 0. The Bertz CT molecular complexity index is 446. The van der Waals surface area contributed by atoms with Gasteiger partial charge in [-0.25, -0.2) is 0 Å². The Balaban J connectivity index is 2.61. The minimum Gasteiger partial charge on any atom is -0.486 e. The van der Waals surface area contributed by atoms with E-state index in [9.17, 15) is 13.2 Å². The van der Waals surface area contributed by atoms with Crippen molar-refractivity contribution in [3.63, 3.8) is 0 Å². The first-order valence-corrected chi connectivity index (χ1v) is 5.65. The maximum Gasteiger partial charge on any atom is 0.416 e. The third-order valence-electron chi connectivity index (χ3n) is 2.90.